The van der Waals surface area contributed by atoms with Crippen molar-refractivity contribution in [3.63, 3.8) is 0 Å². The van der Waals surface area contributed by atoms with Crippen LogP contribution in [0.15, 0.2) is 12.1 Å². The van der Waals surface area contributed by atoms with Gasteiger partial charge in [0, 0.05) is 17.7 Å². The smallest absolute Gasteiger partial charge is 0.161 e. The van der Waals surface area contributed by atoms with E-state index in [0.717, 1.165) is 6.07 Å². The Bertz CT molecular complexity index is 325. The fraction of sp³-hybridized carbons (Fsp3) is 0.400. The average Bonchev–Trinajstić information content (AvgIpc) is 2.11. The van der Waals surface area contributed by atoms with Crippen molar-refractivity contribution in [2.45, 2.75) is 19.9 Å². The van der Waals surface area contributed by atoms with E-state index in [1.54, 1.807) is 6.92 Å². The van der Waals surface area contributed by atoms with Crippen molar-refractivity contribution in [1.82, 2.24) is 5.32 Å². The third kappa shape index (κ3) is 2.26. The van der Waals surface area contributed by atoms with Crippen molar-refractivity contribution < 1.29 is 13.2 Å². The van der Waals surface area contributed by atoms with Gasteiger partial charge < -0.3 is 5.32 Å². The van der Waals surface area contributed by atoms with Crippen molar-refractivity contribution in [1.29, 1.82) is 0 Å². The minimum atomic E-state index is -1.16. The van der Waals surface area contributed by atoms with Crippen molar-refractivity contribution >= 4 is 0 Å². The molecule has 1 aromatic carbocycles. The van der Waals surface area contributed by atoms with Gasteiger partial charge in [-0.3, -0.25) is 0 Å². The normalized spacial score (nSPS) is 12.9. The molecule has 1 N–H and O–H groups in total. The van der Waals surface area contributed by atoms with E-state index < -0.39 is 17.5 Å². The quantitative estimate of drug-likeness (QED) is 0.745. The third-order valence-electron chi connectivity index (χ3n) is 2.02. The highest BCUT2D eigenvalue weighted by atomic mass is 19.2. The van der Waals surface area contributed by atoms with Crippen LogP contribution in [0.25, 0.3) is 0 Å². The zero-order chi connectivity index (χ0) is 10.7. The number of rotatable bonds is 3. The van der Waals surface area contributed by atoms with Crippen LogP contribution in [0, 0.1) is 17.5 Å². The van der Waals surface area contributed by atoms with Gasteiger partial charge in [-0.1, -0.05) is 6.92 Å². The lowest BCUT2D eigenvalue weighted by Crippen LogP contribution is -2.19. The Morgan fingerprint density at radius 1 is 1.14 bits per heavy atom. The minimum absolute atomic E-state index is 0.144. The summed E-state index contributed by atoms with van der Waals surface area (Å²) >= 11 is 0. The molecule has 1 aromatic rings. The maximum atomic E-state index is 13.2. The largest absolute Gasteiger partial charge is 0.310 e. The van der Waals surface area contributed by atoms with Gasteiger partial charge in [0.1, 0.15) is 5.82 Å². The number of nitrogens with one attached hydrogen (secondary N) is 1. The zero-order valence-corrected chi connectivity index (χ0v) is 8.07. The summed E-state index contributed by atoms with van der Waals surface area (Å²) < 4.78 is 38.5. The first-order valence-electron chi connectivity index (χ1n) is 4.44. The van der Waals surface area contributed by atoms with Gasteiger partial charge in [0.15, 0.2) is 11.6 Å². The molecule has 1 rings (SSSR count). The van der Waals surface area contributed by atoms with E-state index in [0.29, 0.717) is 12.6 Å². The van der Waals surface area contributed by atoms with Gasteiger partial charge in [-0.2, -0.15) is 0 Å². The number of hydrogen-bond acceptors (Lipinski definition) is 1. The molecule has 0 aromatic heterocycles. The summed E-state index contributed by atoms with van der Waals surface area (Å²) in [7, 11) is 0. The topological polar surface area (TPSA) is 12.0 Å². The first kappa shape index (κ1) is 11.0. The van der Waals surface area contributed by atoms with Gasteiger partial charge in [-0.05, 0) is 19.5 Å². The van der Waals surface area contributed by atoms with Gasteiger partial charge in [-0.25, -0.2) is 13.2 Å². The average molecular weight is 203 g/mol. The molecule has 0 fully saturated rings. The first-order chi connectivity index (χ1) is 6.56. The van der Waals surface area contributed by atoms with Gasteiger partial charge >= 0.3 is 0 Å². The minimum Gasteiger partial charge on any atom is -0.310 e. The second kappa shape index (κ2) is 4.46. The van der Waals surface area contributed by atoms with Gasteiger partial charge in [0.05, 0.1) is 0 Å². The lowest BCUT2D eigenvalue weighted by molar-refractivity contribution is 0.477. The summed E-state index contributed by atoms with van der Waals surface area (Å²) in [6, 6.07) is 1.13. The lowest BCUT2D eigenvalue weighted by Gasteiger charge is -2.13. The maximum absolute atomic E-state index is 13.2. The van der Waals surface area contributed by atoms with Gasteiger partial charge in [-0.15, -0.1) is 0 Å². The third-order valence-corrected chi connectivity index (χ3v) is 2.02. The Balaban J connectivity index is 3.02. The molecule has 1 unspecified atom stereocenters. The Morgan fingerprint density at radius 3 is 2.29 bits per heavy atom. The zero-order valence-electron chi connectivity index (χ0n) is 8.07. The van der Waals surface area contributed by atoms with E-state index in [1.165, 1.54) is 0 Å². The molecule has 0 amide bonds. The molecule has 0 aliphatic carbocycles. The maximum Gasteiger partial charge on any atom is 0.161 e. The van der Waals surface area contributed by atoms with E-state index in [1.807, 2.05) is 6.92 Å². The molecule has 0 radical (unpaired) electrons. The SMILES string of the molecule is CCNC(C)c1cc(F)c(F)cc1F. The monoisotopic (exact) mass is 203 g/mol. The Kier molecular flexibility index (Phi) is 3.52. The van der Waals surface area contributed by atoms with Crippen LogP contribution < -0.4 is 5.32 Å². The molecule has 1 nitrogen and oxygen atoms in total. The summed E-state index contributed by atoms with van der Waals surface area (Å²) in [5, 5.41) is 2.92. The molecule has 0 aliphatic heterocycles. The molecule has 1 atom stereocenters. The van der Waals surface area contributed by atoms with Crippen LogP contribution in [0.4, 0.5) is 13.2 Å². The molecule has 0 heterocycles. The van der Waals surface area contributed by atoms with E-state index in [-0.39, 0.29) is 11.6 Å². The van der Waals surface area contributed by atoms with E-state index in [4.69, 9.17) is 0 Å². The fourth-order valence-electron chi connectivity index (χ4n) is 1.29. The van der Waals surface area contributed by atoms with Gasteiger partial charge in [0.25, 0.3) is 0 Å². The molecule has 0 bridgehead atoms. The second-order valence-electron chi connectivity index (χ2n) is 3.07. The summed E-state index contributed by atoms with van der Waals surface area (Å²) in [4.78, 5) is 0. The highest BCUT2D eigenvalue weighted by molar-refractivity contribution is 5.22. The highest BCUT2D eigenvalue weighted by Crippen LogP contribution is 2.19. The number of hydrogen-bond donors (Lipinski definition) is 1. The standard InChI is InChI=1S/C10H12F3N/c1-3-14-6(2)7-4-9(12)10(13)5-8(7)11/h4-6,14H,3H2,1-2H3. The van der Waals surface area contributed by atoms with E-state index in [2.05, 4.69) is 5.32 Å². The predicted molar refractivity (Wildman–Crippen MR) is 48.4 cm³/mol. The van der Waals surface area contributed by atoms with Crippen LogP contribution in [0.3, 0.4) is 0 Å². The van der Waals surface area contributed by atoms with Crippen LogP contribution in [0.2, 0.25) is 0 Å². The van der Waals surface area contributed by atoms with Crippen LogP contribution in [0.5, 0.6) is 0 Å². The van der Waals surface area contributed by atoms with E-state index in [9.17, 15) is 13.2 Å². The highest BCUT2D eigenvalue weighted by Gasteiger charge is 2.14. The fourth-order valence-corrected chi connectivity index (χ4v) is 1.29. The summed E-state index contributed by atoms with van der Waals surface area (Å²) in [5.74, 6) is -2.90. The summed E-state index contributed by atoms with van der Waals surface area (Å²) in [5.41, 5.74) is 0.144. The molecule has 4 heteroatoms. The first-order valence-corrected chi connectivity index (χ1v) is 4.44. The van der Waals surface area contributed by atoms with Crippen LogP contribution in [0.1, 0.15) is 25.5 Å². The molecule has 0 aliphatic rings. The van der Waals surface area contributed by atoms with E-state index >= 15 is 0 Å². The van der Waals surface area contributed by atoms with Crippen LogP contribution in [-0.4, -0.2) is 6.54 Å². The number of halogens is 3. The molecular weight excluding hydrogens is 191 g/mol. The summed E-state index contributed by atoms with van der Waals surface area (Å²) in [6.07, 6.45) is 0. The molecule has 0 spiro atoms. The Morgan fingerprint density at radius 2 is 1.71 bits per heavy atom. The molecule has 78 valence electrons. The van der Waals surface area contributed by atoms with Gasteiger partial charge in [0.2, 0.25) is 0 Å². The Hall–Kier alpha value is -1.03. The molecule has 0 saturated carbocycles. The molecular formula is C10H12F3N. The molecule has 0 saturated heterocycles. The predicted octanol–water partition coefficient (Wildman–Crippen LogP) is 2.77. The summed E-state index contributed by atoms with van der Waals surface area (Å²) in [6.45, 7) is 4.19. The van der Waals surface area contributed by atoms with Crippen LogP contribution in [-0.2, 0) is 0 Å². The lowest BCUT2D eigenvalue weighted by atomic mass is 10.1. The Labute approximate surface area is 80.9 Å². The van der Waals surface area contributed by atoms with Crippen LogP contribution >= 0.6 is 0 Å². The van der Waals surface area contributed by atoms with Crippen molar-refractivity contribution in [3.8, 4) is 0 Å². The second-order valence-corrected chi connectivity index (χ2v) is 3.07. The van der Waals surface area contributed by atoms with Crippen molar-refractivity contribution in [2.75, 3.05) is 6.54 Å². The van der Waals surface area contributed by atoms with Crippen molar-refractivity contribution in [2.24, 2.45) is 0 Å². The molecule has 14 heavy (non-hydrogen) atoms. The van der Waals surface area contributed by atoms with Crippen molar-refractivity contribution in [3.05, 3.63) is 35.1 Å². The number of benzene rings is 1.